The zero-order chi connectivity index (χ0) is 29.0. The van der Waals surface area contributed by atoms with E-state index in [0.29, 0.717) is 16.9 Å². The maximum atomic E-state index is 13.3. The zero-order valence-electron chi connectivity index (χ0n) is 19.7. The first kappa shape index (κ1) is 28.5. The summed E-state index contributed by atoms with van der Waals surface area (Å²) in [7, 11) is 0. The number of imidazole rings is 1. The number of fused-ring (bicyclic) bond motifs is 1. The number of pyridine rings is 2. The Morgan fingerprint density at radius 1 is 1.00 bits per heavy atom. The fourth-order valence-electron chi connectivity index (χ4n) is 3.10. The van der Waals surface area contributed by atoms with Crippen molar-refractivity contribution in [3.8, 4) is 23.0 Å². The third-order valence-electron chi connectivity index (χ3n) is 4.81. The number of halogens is 6. The number of hydrogen-bond donors (Lipinski definition) is 3. The molecule has 8 nitrogen and oxygen atoms in total. The van der Waals surface area contributed by atoms with Gasteiger partial charge in [0.15, 0.2) is 5.82 Å². The number of aliphatic carboxylic acids is 1. The average molecular weight is 549 g/mol. The summed E-state index contributed by atoms with van der Waals surface area (Å²) in [4.78, 5) is 28.6. The summed E-state index contributed by atoms with van der Waals surface area (Å²) in [5, 5.41) is 9.77. The van der Waals surface area contributed by atoms with Gasteiger partial charge in [0.2, 0.25) is 5.91 Å². The largest absolute Gasteiger partial charge is 0.490 e. The number of benzene rings is 1. The maximum absolute atomic E-state index is 13.3. The highest BCUT2D eigenvalue weighted by Crippen LogP contribution is 2.35. The van der Waals surface area contributed by atoms with Crippen LogP contribution in [0.4, 0.5) is 38.0 Å². The van der Waals surface area contributed by atoms with Crippen LogP contribution in [0.5, 0.6) is 0 Å². The van der Waals surface area contributed by atoms with Crippen molar-refractivity contribution in [1.82, 2.24) is 14.4 Å². The van der Waals surface area contributed by atoms with Crippen LogP contribution < -0.4 is 11.1 Å². The molecule has 1 aromatic carbocycles. The van der Waals surface area contributed by atoms with E-state index in [9.17, 15) is 31.1 Å². The second-order valence-electron chi connectivity index (χ2n) is 7.71. The van der Waals surface area contributed by atoms with Crippen LogP contribution in [0.2, 0.25) is 0 Å². The fourth-order valence-corrected chi connectivity index (χ4v) is 3.10. The van der Waals surface area contributed by atoms with Crippen molar-refractivity contribution in [2.45, 2.75) is 19.3 Å². The highest BCUT2D eigenvalue weighted by Gasteiger charge is 2.38. The van der Waals surface area contributed by atoms with Gasteiger partial charge in [-0.2, -0.15) is 26.3 Å². The third kappa shape index (κ3) is 7.25. The number of carbonyl (C=O) groups is 2. The highest BCUT2D eigenvalue weighted by molar-refractivity contribution is 5.89. The molecule has 0 atom stereocenters. The molecule has 0 spiro atoms. The number of amides is 1. The molecule has 4 rings (SSSR count). The average Bonchev–Trinajstić information content (AvgIpc) is 3.18. The number of nitrogens with two attached hydrogens (primary N) is 1. The topological polar surface area (TPSA) is 123 Å². The van der Waals surface area contributed by atoms with E-state index in [1.165, 1.54) is 13.1 Å². The predicted octanol–water partition coefficient (Wildman–Crippen LogP) is 4.99. The lowest BCUT2D eigenvalue weighted by Gasteiger charge is -2.11. The summed E-state index contributed by atoms with van der Waals surface area (Å²) in [5.74, 6) is 2.59. The smallest absolute Gasteiger partial charge is 0.475 e. The molecule has 202 valence electrons. The van der Waals surface area contributed by atoms with Gasteiger partial charge in [0.1, 0.15) is 17.2 Å². The Labute approximate surface area is 216 Å². The van der Waals surface area contributed by atoms with E-state index in [1.54, 1.807) is 22.7 Å². The Bertz CT molecular complexity index is 1590. The summed E-state index contributed by atoms with van der Waals surface area (Å²) in [6, 6.07) is 13.4. The van der Waals surface area contributed by atoms with Crippen LogP contribution in [-0.4, -0.2) is 37.5 Å². The lowest BCUT2D eigenvalue weighted by molar-refractivity contribution is -0.192. The normalized spacial score (nSPS) is 11.2. The summed E-state index contributed by atoms with van der Waals surface area (Å²) >= 11 is 0. The van der Waals surface area contributed by atoms with E-state index >= 15 is 0 Å². The molecule has 0 saturated carbocycles. The summed E-state index contributed by atoms with van der Waals surface area (Å²) in [5.41, 5.74) is 6.68. The van der Waals surface area contributed by atoms with Crippen molar-refractivity contribution in [2.24, 2.45) is 0 Å². The summed E-state index contributed by atoms with van der Waals surface area (Å²) in [6.07, 6.45) is -6.85. The van der Waals surface area contributed by atoms with Crippen LogP contribution >= 0.6 is 0 Å². The van der Waals surface area contributed by atoms with Crippen LogP contribution in [0.25, 0.3) is 16.8 Å². The molecule has 0 fully saturated rings. The van der Waals surface area contributed by atoms with Crippen molar-refractivity contribution < 1.29 is 41.0 Å². The van der Waals surface area contributed by atoms with Gasteiger partial charge in [-0.05, 0) is 36.3 Å². The van der Waals surface area contributed by atoms with Crippen molar-refractivity contribution in [2.75, 3.05) is 11.1 Å². The zero-order valence-corrected chi connectivity index (χ0v) is 19.7. The monoisotopic (exact) mass is 549 g/mol. The Morgan fingerprint density at radius 3 is 2.21 bits per heavy atom. The predicted molar refractivity (Wildman–Crippen MR) is 128 cm³/mol. The van der Waals surface area contributed by atoms with Crippen LogP contribution in [-0.2, 0) is 15.8 Å². The molecule has 3 heterocycles. The number of aromatic nitrogens is 3. The van der Waals surface area contributed by atoms with Crippen molar-refractivity contribution in [3.63, 3.8) is 0 Å². The van der Waals surface area contributed by atoms with E-state index in [2.05, 4.69) is 27.1 Å². The first-order chi connectivity index (χ1) is 18.2. The SMILES string of the molecule is CC(=O)Nc1nc2ccc(-c3cnc(N)c(C(F)(F)F)c3)cn2c1C#Cc1ccccc1.O=C(O)C(F)(F)F. The van der Waals surface area contributed by atoms with E-state index in [4.69, 9.17) is 15.6 Å². The molecule has 0 unspecified atom stereocenters. The van der Waals surface area contributed by atoms with Gasteiger partial charge in [0.05, 0.1) is 5.56 Å². The van der Waals surface area contributed by atoms with Gasteiger partial charge in [-0.25, -0.2) is 14.8 Å². The standard InChI is InChI=1S/C23H16F3N5O.C2HF3O2/c1-14(32)29-22-19(9-7-15-5-3-2-4-6-15)31-13-16(8-10-20(31)30-22)17-11-18(23(24,25)26)21(27)28-12-17;3-2(4,5)1(6)7/h2-6,8,10-13H,1H3,(H2,27,28)(H,29,32);(H,6,7). The van der Waals surface area contributed by atoms with Gasteiger partial charge in [-0.15, -0.1) is 0 Å². The molecule has 3 aromatic heterocycles. The molecule has 0 bridgehead atoms. The van der Waals surface area contributed by atoms with E-state index in [-0.39, 0.29) is 17.3 Å². The summed E-state index contributed by atoms with van der Waals surface area (Å²) < 4.78 is 73.1. The summed E-state index contributed by atoms with van der Waals surface area (Å²) in [6.45, 7) is 1.35. The maximum Gasteiger partial charge on any atom is 0.490 e. The minimum atomic E-state index is -5.08. The molecule has 0 aliphatic heterocycles. The van der Waals surface area contributed by atoms with Crippen molar-refractivity contribution in [1.29, 1.82) is 0 Å². The first-order valence-corrected chi connectivity index (χ1v) is 10.7. The molecule has 0 saturated heterocycles. The molecule has 39 heavy (non-hydrogen) atoms. The molecule has 4 aromatic rings. The van der Waals surface area contributed by atoms with E-state index < -0.39 is 29.7 Å². The number of anilines is 2. The van der Waals surface area contributed by atoms with Gasteiger partial charge in [-0.3, -0.25) is 9.20 Å². The van der Waals surface area contributed by atoms with Crippen molar-refractivity contribution in [3.05, 3.63) is 77.7 Å². The van der Waals surface area contributed by atoms with Crippen LogP contribution in [0.3, 0.4) is 0 Å². The van der Waals surface area contributed by atoms with Gasteiger partial charge < -0.3 is 16.2 Å². The molecule has 0 aliphatic rings. The van der Waals surface area contributed by atoms with Crippen LogP contribution in [0, 0.1) is 11.8 Å². The second kappa shape index (κ2) is 11.1. The molecule has 14 heteroatoms. The Kier molecular flexibility index (Phi) is 8.14. The number of nitrogens with zero attached hydrogens (tertiary/aromatic N) is 3. The number of nitrogen functional groups attached to an aromatic ring is 1. The molecular formula is C25H17F6N5O3. The Hall–Kier alpha value is -5.06. The van der Waals surface area contributed by atoms with E-state index in [1.807, 2.05) is 30.3 Å². The number of carboxylic acid groups (broad SMARTS) is 1. The lowest BCUT2D eigenvalue weighted by Crippen LogP contribution is -2.21. The Morgan fingerprint density at radius 2 is 1.64 bits per heavy atom. The molecular weight excluding hydrogens is 532 g/mol. The lowest BCUT2D eigenvalue weighted by atomic mass is 10.1. The molecule has 0 radical (unpaired) electrons. The van der Waals surface area contributed by atoms with Crippen LogP contribution in [0.1, 0.15) is 23.7 Å². The number of carboxylic acids is 1. The molecule has 0 aliphatic carbocycles. The Balaban J connectivity index is 0.000000532. The molecule has 1 amide bonds. The van der Waals surface area contributed by atoms with Crippen LogP contribution in [0.15, 0.2) is 60.9 Å². The molecule has 4 N–H and O–H groups in total. The number of nitrogens with one attached hydrogen (secondary N) is 1. The van der Waals surface area contributed by atoms with Gasteiger partial charge in [-0.1, -0.05) is 24.1 Å². The number of carbonyl (C=O) groups excluding carboxylic acids is 1. The van der Waals surface area contributed by atoms with Gasteiger partial charge in [0, 0.05) is 36.0 Å². The van der Waals surface area contributed by atoms with Gasteiger partial charge >= 0.3 is 18.3 Å². The van der Waals surface area contributed by atoms with E-state index in [0.717, 1.165) is 11.6 Å². The number of rotatable bonds is 2. The fraction of sp³-hybridized carbons (Fsp3) is 0.120. The van der Waals surface area contributed by atoms with Gasteiger partial charge in [0.25, 0.3) is 0 Å². The minimum Gasteiger partial charge on any atom is -0.475 e. The first-order valence-electron chi connectivity index (χ1n) is 10.7. The number of hydrogen-bond acceptors (Lipinski definition) is 5. The number of alkyl halides is 6. The third-order valence-corrected chi connectivity index (χ3v) is 4.81. The minimum absolute atomic E-state index is 0.227. The highest BCUT2D eigenvalue weighted by atomic mass is 19.4. The quantitative estimate of drug-likeness (QED) is 0.239. The van der Waals surface area contributed by atoms with Crippen molar-refractivity contribution >= 4 is 29.2 Å². The second-order valence-corrected chi connectivity index (χ2v) is 7.71.